The van der Waals surface area contributed by atoms with Gasteiger partial charge in [-0.2, -0.15) is 0 Å². The molecule has 0 bridgehead atoms. The van der Waals surface area contributed by atoms with Crippen molar-refractivity contribution in [3.8, 4) is 5.75 Å². The molecule has 0 aliphatic heterocycles. The number of ether oxygens (including phenoxy) is 1. The fraction of sp³-hybridized carbons (Fsp3) is 0.267. The molecule has 1 heterocycles. The molecular formula is C15H17FN2O. The summed E-state index contributed by atoms with van der Waals surface area (Å²) in [6.45, 7) is 2.20. The smallest absolute Gasteiger partial charge is 0.138 e. The molecule has 0 spiro atoms. The predicted octanol–water partition coefficient (Wildman–Crippen LogP) is 3.21. The highest BCUT2D eigenvalue weighted by atomic mass is 19.1. The van der Waals surface area contributed by atoms with Gasteiger partial charge < -0.3 is 10.5 Å². The molecule has 0 saturated heterocycles. The standard InChI is InChI=1S/C15H17FN2O/c1-2-14(17)15-8-7-12(9-18-15)19-10-11-5-3-4-6-13(11)16/h3-9,14H,2,10,17H2,1H3. The summed E-state index contributed by atoms with van der Waals surface area (Å²) in [5.41, 5.74) is 7.24. The van der Waals surface area contributed by atoms with Gasteiger partial charge in [-0.15, -0.1) is 0 Å². The lowest BCUT2D eigenvalue weighted by atomic mass is 10.1. The number of nitrogens with zero attached hydrogens (tertiary/aromatic N) is 1. The number of aromatic nitrogens is 1. The molecule has 1 aromatic carbocycles. The van der Waals surface area contributed by atoms with Gasteiger partial charge in [-0.05, 0) is 24.6 Å². The van der Waals surface area contributed by atoms with Gasteiger partial charge >= 0.3 is 0 Å². The first-order valence-electron chi connectivity index (χ1n) is 6.28. The molecule has 19 heavy (non-hydrogen) atoms. The third-order valence-corrected chi connectivity index (χ3v) is 2.93. The summed E-state index contributed by atoms with van der Waals surface area (Å²) in [6.07, 6.45) is 2.45. The Kier molecular flexibility index (Phi) is 4.47. The number of nitrogens with two attached hydrogens (primary N) is 1. The number of rotatable bonds is 5. The molecule has 2 N–H and O–H groups in total. The summed E-state index contributed by atoms with van der Waals surface area (Å²) in [5.74, 6) is 0.343. The SMILES string of the molecule is CCC(N)c1ccc(OCc2ccccc2F)cn1. The Balaban J connectivity index is 1.99. The van der Waals surface area contributed by atoms with Crippen molar-refractivity contribution in [2.45, 2.75) is 26.0 Å². The van der Waals surface area contributed by atoms with Crippen LogP contribution >= 0.6 is 0 Å². The van der Waals surface area contributed by atoms with Gasteiger partial charge in [0.1, 0.15) is 18.2 Å². The number of pyridine rings is 1. The average Bonchev–Trinajstić information content (AvgIpc) is 2.46. The molecule has 4 heteroatoms. The topological polar surface area (TPSA) is 48.1 Å². The van der Waals surface area contributed by atoms with E-state index >= 15 is 0 Å². The largest absolute Gasteiger partial charge is 0.487 e. The van der Waals surface area contributed by atoms with Crippen molar-refractivity contribution in [1.82, 2.24) is 4.98 Å². The van der Waals surface area contributed by atoms with Crippen LogP contribution in [0.25, 0.3) is 0 Å². The van der Waals surface area contributed by atoms with Crippen LogP contribution in [-0.4, -0.2) is 4.98 Å². The molecule has 2 rings (SSSR count). The molecule has 2 aromatic rings. The third kappa shape index (κ3) is 3.51. The van der Waals surface area contributed by atoms with E-state index in [1.165, 1.54) is 6.07 Å². The Hall–Kier alpha value is -1.94. The van der Waals surface area contributed by atoms with Gasteiger partial charge in [0.25, 0.3) is 0 Å². The first-order valence-corrected chi connectivity index (χ1v) is 6.28. The summed E-state index contributed by atoms with van der Waals surface area (Å²) in [5, 5.41) is 0. The minimum atomic E-state index is -0.264. The molecular weight excluding hydrogens is 243 g/mol. The van der Waals surface area contributed by atoms with Crippen molar-refractivity contribution >= 4 is 0 Å². The highest BCUT2D eigenvalue weighted by Gasteiger charge is 2.05. The van der Waals surface area contributed by atoms with Gasteiger partial charge in [0.15, 0.2) is 0 Å². The lowest BCUT2D eigenvalue weighted by Crippen LogP contribution is -2.10. The Bertz CT molecular complexity index is 528. The van der Waals surface area contributed by atoms with Gasteiger partial charge in [0, 0.05) is 11.6 Å². The monoisotopic (exact) mass is 260 g/mol. The van der Waals surface area contributed by atoms with Crippen LogP contribution in [0.4, 0.5) is 4.39 Å². The maximum Gasteiger partial charge on any atom is 0.138 e. The van der Waals surface area contributed by atoms with E-state index in [0.29, 0.717) is 11.3 Å². The molecule has 0 aliphatic rings. The van der Waals surface area contributed by atoms with Crippen LogP contribution in [0.2, 0.25) is 0 Å². The minimum absolute atomic E-state index is 0.0550. The molecule has 3 nitrogen and oxygen atoms in total. The third-order valence-electron chi connectivity index (χ3n) is 2.93. The normalized spacial score (nSPS) is 12.2. The Morgan fingerprint density at radius 2 is 2.05 bits per heavy atom. The highest BCUT2D eigenvalue weighted by molar-refractivity contribution is 5.23. The number of hydrogen-bond donors (Lipinski definition) is 1. The van der Waals surface area contributed by atoms with Crippen molar-refractivity contribution < 1.29 is 9.13 Å². The summed E-state index contributed by atoms with van der Waals surface area (Å²) in [7, 11) is 0. The summed E-state index contributed by atoms with van der Waals surface area (Å²) < 4.78 is 18.9. The van der Waals surface area contributed by atoms with E-state index < -0.39 is 0 Å². The Morgan fingerprint density at radius 1 is 1.26 bits per heavy atom. The van der Waals surface area contributed by atoms with Gasteiger partial charge in [-0.25, -0.2) is 4.39 Å². The van der Waals surface area contributed by atoms with Crippen molar-refractivity contribution in [1.29, 1.82) is 0 Å². The fourth-order valence-corrected chi connectivity index (χ4v) is 1.68. The van der Waals surface area contributed by atoms with Crippen LogP contribution < -0.4 is 10.5 Å². The lowest BCUT2D eigenvalue weighted by molar-refractivity contribution is 0.298. The molecule has 0 aliphatic carbocycles. The van der Waals surface area contributed by atoms with E-state index in [9.17, 15) is 4.39 Å². The Morgan fingerprint density at radius 3 is 2.68 bits per heavy atom. The van der Waals surface area contributed by atoms with E-state index in [-0.39, 0.29) is 18.5 Å². The minimum Gasteiger partial charge on any atom is -0.487 e. The summed E-state index contributed by atoms with van der Waals surface area (Å²) >= 11 is 0. The first-order chi connectivity index (χ1) is 9.20. The first kappa shape index (κ1) is 13.5. The predicted molar refractivity (Wildman–Crippen MR) is 72.2 cm³/mol. The number of benzene rings is 1. The van der Waals surface area contributed by atoms with E-state index in [1.807, 2.05) is 13.0 Å². The van der Waals surface area contributed by atoms with Gasteiger partial charge in [-0.1, -0.05) is 25.1 Å². The second-order valence-corrected chi connectivity index (χ2v) is 4.31. The van der Waals surface area contributed by atoms with E-state index in [4.69, 9.17) is 10.5 Å². The van der Waals surface area contributed by atoms with Crippen molar-refractivity contribution in [3.05, 3.63) is 59.7 Å². The molecule has 0 amide bonds. The van der Waals surface area contributed by atoms with Crippen molar-refractivity contribution in [2.75, 3.05) is 0 Å². The van der Waals surface area contributed by atoms with Gasteiger partial charge in [0.2, 0.25) is 0 Å². The zero-order valence-corrected chi connectivity index (χ0v) is 10.8. The van der Waals surface area contributed by atoms with Crippen LogP contribution in [0.5, 0.6) is 5.75 Å². The van der Waals surface area contributed by atoms with Crippen LogP contribution in [0.15, 0.2) is 42.6 Å². The highest BCUT2D eigenvalue weighted by Crippen LogP contribution is 2.17. The lowest BCUT2D eigenvalue weighted by Gasteiger charge is -2.10. The van der Waals surface area contributed by atoms with Gasteiger partial charge in [-0.3, -0.25) is 4.98 Å². The second kappa shape index (κ2) is 6.29. The molecule has 100 valence electrons. The molecule has 1 unspecified atom stereocenters. The van der Waals surface area contributed by atoms with Crippen LogP contribution in [0.1, 0.15) is 30.6 Å². The average molecular weight is 260 g/mol. The van der Waals surface area contributed by atoms with Crippen LogP contribution in [0.3, 0.4) is 0 Å². The summed E-state index contributed by atoms with van der Waals surface area (Å²) in [6, 6.07) is 10.1. The van der Waals surface area contributed by atoms with Crippen LogP contribution in [0, 0.1) is 5.82 Å². The Labute approximate surface area is 112 Å². The van der Waals surface area contributed by atoms with E-state index in [0.717, 1.165) is 12.1 Å². The number of halogens is 1. The van der Waals surface area contributed by atoms with Crippen molar-refractivity contribution in [3.63, 3.8) is 0 Å². The van der Waals surface area contributed by atoms with E-state index in [2.05, 4.69) is 4.98 Å². The summed E-state index contributed by atoms with van der Waals surface area (Å²) in [4.78, 5) is 4.24. The second-order valence-electron chi connectivity index (χ2n) is 4.31. The van der Waals surface area contributed by atoms with E-state index in [1.54, 1.807) is 30.5 Å². The van der Waals surface area contributed by atoms with Crippen molar-refractivity contribution in [2.24, 2.45) is 5.73 Å². The zero-order valence-electron chi connectivity index (χ0n) is 10.8. The van der Waals surface area contributed by atoms with Gasteiger partial charge in [0.05, 0.1) is 11.9 Å². The molecule has 1 aromatic heterocycles. The molecule has 0 radical (unpaired) electrons. The number of hydrogen-bond acceptors (Lipinski definition) is 3. The molecule has 1 atom stereocenters. The maximum absolute atomic E-state index is 13.4. The molecule has 0 fully saturated rings. The van der Waals surface area contributed by atoms with Crippen LogP contribution in [-0.2, 0) is 6.61 Å². The fourth-order valence-electron chi connectivity index (χ4n) is 1.68. The molecule has 0 saturated carbocycles. The zero-order chi connectivity index (χ0) is 13.7. The maximum atomic E-state index is 13.4. The quantitative estimate of drug-likeness (QED) is 0.898.